The Morgan fingerprint density at radius 1 is 1.39 bits per heavy atom. The van der Waals surface area contributed by atoms with Gasteiger partial charge in [-0.05, 0) is 39.7 Å². The monoisotopic (exact) mass is 247 g/mol. The summed E-state index contributed by atoms with van der Waals surface area (Å²) in [6, 6.07) is 1.90. The molecule has 1 heterocycles. The average molecular weight is 247 g/mol. The van der Waals surface area contributed by atoms with Gasteiger partial charge in [-0.1, -0.05) is 34.5 Å². The Labute approximate surface area is 109 Å². The summed E-state index contributed by atoms with van der Waals surface area (Å²) in [6.07, 6.45) is 9.96. The molecule has 0 atom stereocenters. The molecule has 1 aromatic heterocycles. The van der Waals surface area contributed by atoms with Crippen molar-refractivity contribution in [3.05, 3.63) is 46.9 Å². The molecule has 1 rings (SSSR count). The first kappa shape index (κ1) is 14.5. The molecule has 3 nitrogen and oxygen atoms in total. The van der Waals surface area contributed by atoms with E-state index < -0.39 is 0 Å². The fourth-order valence-electron chi connectivity index (χ4n) is 1.53. The van der Waals surface area contributed by atoms with Crippen molar-refractivity contribution in [3.63, 3.8) is 0 Å². The van der Waals surface area contributed by atoms with E-state index in [4.69, 9.17) is 9.63 Å². The van der Waals surface area contributed by atoms with Crippen LogP contribution in [0.1, 0.15) is 38.1 Å². The van der Waals surface area contributed by atoms with Crippen LogP contribution in [0.3, 0.4) is 0 Å². The summed E-state index contributed by atoms with van der Waals surface area (Å²) >= 11 is 0. The molecule has 0 aliphatic carbocycles. The molecule has 0 saturated heterocycles. The molecule has 0 bridgehead atoms. The number of aryl methyl sites for hydroxylation is 1. The van der Waals surface area contributed by atoms with E-state index in [1.807, 2.05) is 38.1 Å². The van der Waals surface area contributed by atoms with Crippen LogP contribution in [0.5, 0.6) is 0 Å². The minimum atomic E-state index is 0.125. The number of aliphatic hydroxyl groups is 1. The molecule has 1 N–H and O–H groups in total. The second-order valence-corrected chi connectivity index (χ2v) is 4.42. The Balaban J connectivity index is 2.42. The molecule has 1 aromatic rings. The lowest BCUT2D eigenvalue weighted by Crippen LogP contribution is -1.81. The smallest absolute Gasteiger partial charge is 0.134 e. The third-order valence-electron chi connectivity index (χ3n) is 2.61. The first-order valence-electron chi connectivity index (χ1n) is 6.16. The normalized spacial score (nSPS) is 13.6. The molecule has 0 aliphatic rings. The van der Waals surface area contributed by atoms with Gasteiger partial charge in [0.2, 0.25) is 0 Å². The topological polar surface area (TPSA) is 46.3 Å². The Morgan fingerprint density at radius 3 is 2.78 bits per heavy atom. The highest BCUT2D eigenvalue weighted by atomic mass is 16.5. The summed E-state index contributed by atoms with van der Waals surface area (Å²) in [5.74, 6) is 0.820. The number of aliphatic hydroxyl groups excluding tert-OH is 1. The molecule has 0 saturated carbocycles. The lowest BCUT2D eigenvalue weighted by molar-refractivity contribution is 0.341. The van der Waals surface area contributed by atoms with Crippen molar-refractivity contribution in [2.75, 3.05) is 6.61 Å². The van der Waals surface area contributed by atoms with Gasteiger partial charge in [-0.2, -0.15) is 0 Å². The Kier molecular flexibility index (Phi) is 6.15. The van der Waals surface area contributed by atoms with Crippen molar-refractivity contribution >= 4 is 6.08 Å². The van der Waals surface area contributed by atoms with Gasteiger partial charge in [-0.3, -0.25) is 0 Å². The zero-order valence-corrected chi connectivity index (χ0v) is 11.3. The number of nitrogens with zero attached hydrogens (tertiary/aromatic N) is 1. The number of hydrogen-bond acceptors (Lipinski definition) is 3. The summed E-state index contributed by atoms with van der Waals surface area (Å²) in [6.45, 7) is 6.10. The SMILES string of the molecule is CC(/C=C/c1cc(C)on1)=C\CC/C(C)=C/CO. The highest BCUT2D eigenvalue weighted by molar-refractivity contribution is 5.48. The highest BCUT2D eigenvalue weighted by Crippen LogP contribution is 2.09. The maximum atomic E-state index is 8.74. The largest absolute Gasteiger partial charge is 0.392 e. The predicted octanol–water partition coefficient (Wildman–Crippen LogP) is 3.66. The van der Waals surface area contributed by atoms with Gasteiger partial charge in [0.1, 0.15) is 11.5 Å². The van der Waals surface area contributed by atoms with Crippen molar-refractivity contribution in [2.24, 2.45) is 0 Å². The van der Waals surface area contributed by atoms with Crippen LogP contribution in [-0.4, -0.2) is 16.9 Å². The zero-order valence-electron chi connectivity index (χ0n) is 11.3. The van der Waals surface area contributed by atoms with Gasteiger partial charge >= 0.3 is 0 Å². The molecule has 98 valence electrons. The number of allylic oxidation sites excluding steroid dienone is 4. The maximum Gasteiger partial charge on any atom is 0.134 e. The van der Waals surface area contributed by atoms with E-state index in [-0.39, 0.29) is 6.61 Å². The molecule has 0 amide bonds. The fraction of sp³-hybridized carbons (Fsp3) is 0.400. The summed E-state index contributed by atoms with van der Waals surface area (Å²) in [5.41, 5.74) is 3.27. The maximum absolute atomic E-state index is 8.74. The van der Waals surface area contributed by atoms with Crippen LogP contribution in [0, 0.1) is 6.92 Å². The van der Waals surface area contributed by atoms with Crippen LogP contribution >= 0.6 is 0 Å². The molecule has 0 unspecified atom stereocenters. The Hall–Kier alpha value is -1.61. The third-order valence-corrected chi connectivity index (χ3v) is 2.61. The molecular formula is C15H21NO2. The van der Waals surface area contributed by atoms with Gasteiger partial charge in [0.25, 0.3) is 0 Å². The number of rotatable bonds is 6. The Morgan fingerprint density at radius 2 is 2.17 bits per heavy atom. The molecule has 0 fully saturated rings. The second kappa shape index (κ2) is 7.67. The van der Waals surface area contributed by atoms with Crippen LogP contribution in [0.2, 0.25) is 0 Å². The minimum absolute atomic E-state index is 0.125. The summed E-state index contributed by atoms with van der Waals surface area (Å²) in [5, 5.41) is 12.6. The lowest BCUT2D eigenvalue weighted by atomic mass is 10.1. The van der Waals surface area contributed by atoms with Gasteiger partial charge in [0, 0.05) is 6.07 Å². The average Bonchev–Trinajstić information content (AvgIpc) is 2.73. The van der Waals surface area contributed by atoms with Crippen molar-refractivity contribution in [2.45, 2.75) is 33.6 Å². The highest BCUT2D eigenvalue weighted by Gasteiger charge is 1.94. The van der Waals surface area contributed by atoms with Crippen molar-refractivity contribution < 1.29 is 9.63 Å². The van der Waals surface area contributed by atoms with E-state index in [0.29, 0.717) is 0 Å². The molecule has 0 radical (unpaired) electrons. The minimum Gasteiger partial charge on any atom is -0.392 e. The molecule has 0 spiro atoms. The van der Waals surface area contributed by atoms with Crippen LogP contribution in [0.15, 0.2) is 40.0 Å². The summed E-state index contributed by atoms with van der Waals surface area (Å²) in [4.78, 5) is 0. The molecule has 18 heavy (non-hydrogen) atoms. The van der Waals surface area contributed by atoms with Crippen LogP contribution in [0.4, 0.5) is 0 Å². The van der Waals surface area contributed by atoms with Crippen LogP contribution < -0.4 is 0 Å². The summed E-state index contributed by atoms with van der Waals surface area (Å²) < 4.78 is 4.98. The fourth-order valence-corrected chi connectivity index (χ4v) is 1.53. The second-order valence-electron chi connectivity index (χ2n) is 4.42. The number of hydrogen-bond donors (Lipinski definition) is 1. The van der Waals surface area contributed by atoms with E-state index in [1.54, 1.807) is 0 Å². The van der Waals surface area contributed by atoms with Gasteiger partial charge in [0.15, 0.2) is 0 Å². The van der Waals surface area contributed by atoms with Gasteiger partial charge in [0.05, 0.1) is 6.61 Å². The summed E-state index contributed by atoms with van der Waals surface area (Å²) in [7, 11) is 0. The van der Waals surface area contributed by atoms with E-state index in [1.165, 1.54) is 11.1 Å². The first-order valence-corrected chi connectivity index (χ1v) is 6.16. The van der Waals surface area contributed by atoms with Crippen LogP contribution in [-0.2, 0) is 0 Å². The van der Waals surface area contributed by atoms with E-state index in [2.05, 4.69) is 18.2 Å². The van der Waals surface area contributed by atoms with Crippen molar-refractivity contribution in [1.82, 2.24) is 5.16 Å². The first-order chi connectivity index (χ1) is 8.61. The molecule has 3 heteroatoms. The zero-order chi connectivity index (χ0) is 13.4. The number of aromatic nitrogens is 1. The van der Waals surface area contributed by atoms with Crippen molar-refractivity contribution in [3.8, 4) is 0 Å². The van der Waals surface area contributed by atoms with Gasteiger partial charge < -0.3 is 9.63 Å². The lowest BCUT2D eigenvalue weighted by Gasteiger charge is -1.97. The van der Waals surface area contributed by atoms with E-state index in [9.17, 15) is 0 Å². The quantitative estimate of drug-likeness (QED) is 0.616. The standard InChI is InChI=1S/C15H21NO2/c1-12(5-4-6-13(2)9-10-17)7-8-15-11-14(3)18-16-15/h5,7-9,11,17H,4,6,10H2,1-3H3/b8-7+,12-5+,13-9+. The van der Waals surface area contributed by atoms with E-state index >= 15 is 0 Å². The van der Waals surface area contributed by atoms with Gasteiger partial charge in [-0.25, -0.2) is 0 Å². The van der Waals surface area contributed by atoms with E-state index in [0.717, 1.165) is 24.3 Å². The molecule has 0 aliphatic heterocycles. The van der Waals surface area contributed by atoms with Gasteiger partial charge in [-0.15, -0.1) is 0 Å². The van der Waals surface area contributed by atoms with Crippen molar-refractivity contribution in [1.29, 1.82) is 0 Å². The Bertz CT molecular complexity index is 453. The molecular weight excluding hydrogens is 226 g/mol. The third kappa shape index (κ3) is 5.64. The van der Waals surface area contributed by atoms with Crippen LogP contribution in [0.25, 0.3) is 6.08 Å². The molecule has 0 aromatic carbocycles. The predicted molar refractivity (Wildman–Crippen MR) is 74.1 cm³/mol.